The van der Waals surface area contributed by atoms with Gasteiger partial charge in [0.1, 0.15) is 11.6 Å². The van der Waals surface area contributed by atoms with E-state index in [1.54, 1.807) is 6.07 Å². The van der Waals surface area contributed by atoms with Crippen LogP contribution < -0.4 is 0 Å². The maximum atomic E-state index is 11.0. The van der Waals surface area contributed by atoms with Crippen molar-refractivity contribution in [3.8, 4) is 67.5 Å². The Hall–Kier alpha value is -6.26. The van der Waals surface area contributed by atoms with Gasteiger partial charge in [-0.3, -0.25) is 9.55 Å². The zero-order valence-electron chi connectivity index (χ0n) is 27.3. The lowest BCUT2D eigenvalue weighted by Crippen LogP contribution is -2.15. The van der Waals surface area contributed by atoms with Crippen LogP contribution in [-0.2, 0) is 5.41 Å². The standard InChI is InChI=1S/C45H33N3O/c1-45(2)38-21-11-9-18-35(38)37-27-40(46-28-39(37)45)32-25-30(29-14-5-3-6-15-29)24-31(26-32)34-20-13-22-41-43(34)47-44(36-19-10-12-23-42(36)49)48(41)33-16-7-4-8-17-33/h3-28,49H,1-2H3. The van der Waals surface area contributed by atoms with Crippen molar-refractivity contribution in [2.45, 2.75) is 19.3 Å². The quantitative estimate of drug-likeness (QED) is 0.206. The number of benzene rings is 6. The molecule has 6 aromatic carbocycles. The van der Waals surface area contributed by atoms with Crippen molar-refractivity contribution in [2.75, 3.05) is 0 Å². The molecule has 0 fully saturated rings. The van der Waals surface area contributed by atoms with E-state index in [2.05, 4.69) is 128 Å². The molecular weight excluding hydrogens is 599 g/mol. The van der Waals surface area contributed by atoms with Crippen LogP contribution in [0.1, 0.15) is 25.0 Å². The molecule has 234 valence electrons. The second kappa shape index (κ2) is 11.2. The Balaban J connectivity index is 1.28. The lowest BCUT2D eigenvalue weighted by atomic mass is 9.83. The first-order valence-electron chi connectivity index (χ1n) is 16.6. The summed E-state index contributed by atoms with van der Waals surface area (Å²) in [6, 6.07) is 52.2. The Labute approximate surface area is 285 Å². The van der Waals surface area contributed by atoms with Crippen molar-refractivity contribution in [1.82, 2.24) is 14.5 Å². The monoisotopic (exact) mass is 631 g/mol. The van der Waals surface area contributed by atoms with E-state index in [1.807, 2.05) is 42.5 Å². The van der Waals surface area contributed by atoms with Gasteiger partial charge in [0.25, 0.3) is 0 Å². The third-order valence-corrected chi connectivity index (χ3v) is 9.96. The van der Waals surface area contributed by atoms with E-state index in [1.165, 1.54) is 22.3 Å². The Morgan fingerprint density at radius 1 is 0.531 bits per heavy atom. The molecule has 1 aliphatic rings. The van der Waals surface area contributed by atoms with Crippen molar-refractivity contribution in [3.63, 3.8) is 0 Å². The van der Waals surface area contributed by atoms with Gasteiger partial charge in [0.15, 0.2) is 0 Å². The highest BCUT2D eigenvalue weighted by molar-refractivity contribution is 5.97. The number of rotatable bonds is 5. The molecule has 2 heterocycles. The SMILES string of the molecule is CC1(C)c2ccccc2-c2cc(-c3cc(-c4ccccc4)cc(-c4cccc5c4nc(-c4ccccc4O)n5-c4ccccc4)c3)ncc21. The lowest BCUT2D eigenvalue weighted by molar-refractivity contribution is 0.477. The van der Waals surface area contributed by atoms with Crippen molar-refractivity contribution >= 4 is 11.0 Å². The summed E-state index contributed by atoms with van der Waals surface area (Å²) >= 11 is 0. The summed E-state index contributed by atoms with van der Waals surface area (Å²) in [5.74, 6) is 0.880. The third kappa shape index (κ3) is 4.68. The number of pyridine rings is 1. The molecule has 4 nitrogen and oxygen atoms in total. The fourth-order valence-corrected chi connectivity index (χ4v) is 7.48. The molecule has 4 heteroatoms. The minimum absolute atomic E-state index is 0.105. The van der Waals surface area contributed by atoms with E-state index in [4.69, 9.17) is 9.97 Å². The first-order valence-corrected chi connectivity index (χ1v) is 16.6. The molecule has 0 bridgehead atoms. The summed E-state index contributed by atoms with van der Waals surface area (Å²) in [7, 11) is 0. The van der Waals surface area contributed by atoms with Crippen LogP contribution in [0.15, 0.2) is 158 Å². The smallest absolute Gasteiger partial charge is 0.149 e. The van der Waals surface area contributed by atoms with Gasteiger partial charge in [-0.25, -0.2) is 4.98 Å². The maximum Gasteiger partial charge on any atom is 0.149 e. The average molecular weight is 632 g/mol. The molecule has 2 aromatic heterocycles. The van der Waals surface area contributed by atoms with E-state index in [9.17, 15) is 5.11 Å². The van der Waals surface area contributed by atoms with E-state index < -0.39 is 0 Å². The molecule has 0 unspecified atom stereocenters. The third-order valence-electron chi connectivity index (χ3n) is 9.96. The molecule has 0 atom stereocenters. The van der Waals surface area contributed by atoms with Crippen LogP contribution in [0.25, 0.3) is 72.7 Å². The predicted octanol–water partition coefficient (Wildman–Crippen LogP) is 11.1. The van der Waals surface area contributed by atoms with E-state index >= 15 is 0 Å². The van der Waals surface area contributed by atoms with Gasteiger partial charge in [-0.1, -0.05) is 111 Å². The molecule has 8 aromatic rings. The second-order valence-electron chi connectivity index (χ2n) is 13.2. The van der Waals surface area contributed by atoms with Crippen LogP contribution in [0.4, 0.5) is 0 Å². The van der Waals surface area contributed by atoms with Gasteiger partial charge in [-0.05, 0) is 93.5 Å². The van der Waals surface area contributed by atoms with Crippen LogP contribution in [0.3, 0.4) is 0 Å². The number of hydrogen-bond acceptors (Lipinski definition) is 3. The first-order chi connectivity index (χ1) is 24.0. The Kier molecular flexibility index (Phi) is 6.60. The summed E-state index contributed by atoms with van der Waals surface area (Å²) in [6.45, 7) is 4.57. The van der Waals surface area contributed by atoms with Crippen LogP contribution in [-0.4, -0.2) is 19.6 Å². The normalized spacial score (nSPS) is 12.9. The van der Waals surface area contributed by atoms with Crippen molar-refractivity contribution < 1.29 is 5.11 Å². The summed E-state index contributed by atoms with van der Waals surface area (Å²) in [5, 5.41) is 11.0. The number of fused-ring (bicyclic) bond motifs is 4. The Morgan fingerprint density at radius 3 is 1.98 bits per heavy atom. The van der Waals surface area contributed by atoms with Crippen LogP contribution in [0.2, 0.25) is 0 Å². The number of para-hydroxylation sites is 3. The fourth-order valence-electron chi connectivity index (χ4n) is 7.48. The van der Waals surface area contributed by atoms with Crippen molar-refractivity contribution in [3.05, 3.63) is 169 Å². The highest BCUT2D eigenvalue weighted by atomic mass is 16.3. The van der Waals surface area contributed by atoms with Crippen molar-refractivity contribution in [1.29, 1.82) is 0 Å². The molecule has 1 aliphatic carbocycles. The molecule has 9 rings (SSSR count). The number of imidazole rings is 1. The number of aromatic hydroxyl groups is 1. The minimum atomic E-state index is -0.105. The summed E-state index contributed by atoms with van der Waals surface area (Å²) < 4.78 is 2.14. The maximum absolute atomic E-state index is 11.0. The van der Waals surface area contributed by atoms with Gasteiger partial charge in [0, 0.05) is 28.4 Å². The van der Waals surface area contributed by atoms with Crippen LogP contribution >= 0.6 is 0 Å². The summed E-state index contributed by atoms with van der Waals surface area (Å²) in [4.78, 5) is 10.4. The van der Waals surface area contributed by atoms with Crippen LogP contribution in [0.5, 0.6) is 5.75 Å². The number of aromatic nitrogens is 3. The van der Waals surface area contributed by atoms with Gasteiger partial charge in [-0.15, -0.1) is 0 Å². The number of hydrogen-bond donors (Lipinski definition) is 1. The Morgan fingerprint density at radius 2 is 1.18 bits per heavy atom. The molecule has 0 aliphatic heterocycles. The topological polar surface area (TPSA) is 50.9 Å². The molecule has 0 radical (unpaired) electrons. The molecule has 1 N–H and O–H groups in total. The van der Waals surface area contributed by atoms with E-state index in [0.29, 0.717) is 11.4 Å². The van der Waals surface area contributed by atoms with Crippen LogP contribution in [0, 0.1) is 0 Å². The zero-order chi connectivity index (χ0) is 33.1. The Bertz CT molecular complexity index is 2530. The molecule has 0 amide bonds. The largest absolute Gasteiger partial charge is 0.507 e. The summed E-state index contributed by atoms with van der Waals surface area (Å²) in [6.07, 6.45) is 2.07. The number of phenols is 1. The molecule has 0 spiro atoms. The highest BCUT2D eigenvalue weighted by Gasteiger charge is 2.35. The van der Waals surface area contributed by atoms with Gasteiger partial charge < -0.3 is 5.11 Å². The van der Waals surface area contributed by atoms with Gasteiger partial charge in [0.2, 0.25) is 0 Å². The van der Waals surface area contributed by atoms with Gasteiger partial charge in [-0.2, -0.15) is 0 Å². The van der Waals surface area contributed by atoms with Crippen molar-refractivity contribution in [2.24, 2.45) is 0 Å². The zero-order valence-corrected chi connectivity index (χ0v) is 27.3. The number of phenolic OH excluding ortho intramolecular Hbond substituents is 1. The molecule has 0 saturated carbocycles. The molecule has 49 heavy (non-hydrogen) atoms. The molecule has 0 saturated heterocycles. The van der Waals surface area contributed by atoms with E-state index in [0.717, 1.165) is 50.2 Å². The fraction of sp³-hybridized carbons (Fsp3) is 0.0667. The first kappa shape index (κ1) is 28.9. The van der Waals surface area contributed by atoms with E-state index in [-0.39, 0.29) is 11.2 Å². The second-order valence-corrected chi connectivity index (χ2v) is 13.2. The highest BCUT2D eigenvalue weighted by Crippen LogP contribution is 2.49. The molecular formula is C45H33N3O. The average Bonchev–Trinajstić information content (AvgIpc) is 3.65. The van der Waals surface area contributed by atoms with Gasteiger partial charge in [0.05, 0.1) is 22.3 Å². The summed E-state index contributed by atoms with van der Waals surface area (Å²) in [5.41, 5.74) is 14.8. The minimum Gasteiger partial charge on any atom is -0.507 e. The lowest BCUT2D eigenvalue weighted by Gasteiger charge is -2.21. The predicted molar refractivity (Wildman–Crippen MR) is 200 cm³/mol. The van der Waals surface area contributed by atoms with Gasteiger partial charge >= 0.3 is 0 Å². The number of nitrogens with zero attached hydrogens (tertiary/aromatic N) is 3.